The summed E-state index contributed by atoms with van der Waals surface area (Å²) in [6.07, 6.45) is 0. The number of ether oxygens (including phenoxy) is 2. The van der Waals surface area contributed by atoms with Gasteiger partial charge in [0.2, 0.25) is 0 Å². The van der Waals surface area contributed by atoms with Crippen LogP contribution in [0.15, 0.2) is 72.8 Å². The molecule has 0 bridgehead atoms. The number of hydrogen-bond acceptors (Lipinski definition) is 4. The van der Waals surface area contributed by atoms with Gasteiger partial charge in [-0.25, -0.2) is 5.43 Å². The number of anilines is 1. The van der Waals surface area contributed by atoms with E-state index in [0.29, 0.717) is 13.2 Å². The van der Waals surface area contributed by atoms with Crippen molar-refractivity contribution < 1.29 is 9.47 Å². The van der Waals surface area contributed by atoms with E-state index in [9.17, 15) is 0 Å². The Bertz CT molecular complexity index is 835. The maximum Gasteiger partial charge on any atom is 0.161 e. The number of methoxy groups -OCH3 is 1. The van der Waals surface area contributed by atoms with Crippen LogP contribution in [-0.4, -0.2) is 7.11 Å². The van der Waals surface area contributed by atoms with Crippen LogP contribution in [0.1, 0.15) is 16.7 Å². The molecule has 3 aromatic rings. The van der Waals surface area contributed by atoms with Gasteiger partial charge in [-0.1, -0.05) is 54.1 Å². The van der Waals surface area contributed by atoms with Crippen molar-refractivity contribution >= 4 is 5.69 Å². The number of nitrogens with one attached hydrogen (secondary N) is 2. The summed E-state index contributed by atoms with van der Waals surface area (Å²) >= 11 is 0. The van der Waals surface area contributed by atoms with Crippen LogP contribution in [0.4, 0.5) is 5.69 Å². The predicted molar refractivity (Wildman–Crippen MR) is 105 cm³/mol. The summed E-state index contributed by atoms with van der Waals surface area (Å²) in [5, 5.41) is 0. The van der Waals surface area contributed by atoms with Crippen molar-refractivity contribution in [1.29, 1.82) is 0 Å². The summed E-state index contributed by atoms with van der Waals surface area (Å²) in [4.78, 5) is 0. The third-order valence-electron chi connectivity index (χ3n) is 4.00. The van der Waals surface area contributed by atoms with Crippen LogP contribution in [0.25, 0.3) is 0 Å². The van der Waals surface area contributed by atoms with Crippen LogP contribution in [0, 0.1) is 6.92 Å². The Hall–Kier alpha value is -2.98. The van der Waals surface area contributed by atoms with Gasteiger partial charge < -0.3 is 14.9 Å². The monoisotopic (exact) mass is 348 g/mol. The van der Waals surface area contributed by atoms with E-state index in [1.165, 1.54) is 5.56 Å². The number of hydrogen-bond donors (Lipinski definition) is 2. The minimum absolute atomic E-state index is 0.511. The van der Waals surface area contributed by atoms with Crippen molar-refractivity contribution in [3.05, 3.63) is 89.5 Å². The van der Waals surface area contributed by atoms with Crippen molar-refractivity contribution in [2.45, 2.75) is 20.1 Å². The van der Waals surface area contributed by atoms with Gasteiger partial charge in [-0.05, 0) is 42.3 Å². The lowest BCUT2D eigenvalue weighted by atomic mass is 10.1. The zero-order chi connectivity index (χ0) is 18.2. The average molecular weight is 348 g/mol. The van der Waals surface area contributed by atoms with Gasteiger partial charge in [0.15, 0.2) is 11.5 Å². The minimum Gasteiger partial charge on any atom is -0.493 e. The van der Waals surface area contributed by atoms with Gasteiger partial charge in [0.1, 0.15) is 6.61 Å². The van der Waals surface area contributed by atoms with Crippen molar-refractivity contribution in [1.82, 2.24) is 5.43 Å². The van der Waals surface area contributed by atoms with Crippen LogP contribution in [-0.2, 0) is 13.2 Å². The lowest BCUT2D eigenvalue weighted by Crippen LogP contribution is -2.20. The van der Waals surface area contributed by atoms with E-state index in [2.05, 4.69) is 36.0 Å². The predicted octanol–water partition coefficient (Wildman–Crippen LogP) is 4.70. The van der Waals surface area contributed by atoms with Gasteiger partial charge in [-0.2, -0.15) is 0 Å². The lowest BCUT2D eigenvalue weighted by Gasteiger charge is -2.14. The molecule has 0 radical (unpaired) electrons. The van der Waals surface area contributed by atoms with Gasteiger partial charge in [-0.3, -0.25) is 0 Å². The maximum absolute atomic E-state index is 6.00. The molecule has 3 aromatic carbocycles. The molecule has 0 atom stereocenters. The van der Waals surface area contributed by atoms with Gasteiger partial charge in [0.25, 0.3) is 0 Å². The van der Waals surface area contributed by atoms with Crippen molar-refractivity contribution in [3.8, 4) is 11.5 Å². The number of benzene rings is 3. The first-order chi connectivity index (χ1) is 12.7. The molecule has 0 aliphatic carbocycles. The fraction of sp³-hybridized carbons (Fsp3) is 0.182. The highest BCUT2D eigenvalue weighted by molar-refractivity contribution is 5.44. The molecule has 4 heteroatoms. The molecule has 0 saturated carbocycles. The Morgan fingerprint density at radius 1 is 0.808 bits per heavy atom. The standard InChI is InChI=1S/C22H24N2O2/c1-17-7-6-8-19(13-17)16-26-22-14-18(11-12-21(22)25-2)15-23-24-20-9-4-3-5-10-20/h3-14,23-24H,15-16H2,1-2H3. The van der Waals surface area contributed by atoms with Gasteiger partial charge >= 0.3 is 0 Å². The molecule has 0 aliphatic rings. The first-order valence-corrected chi connectivity index (χ1v) is 8.64. The van der Waals surface area contributed by atoms with Crippen LogP contribution in [0.2, 0.25) is 0 Å². The molecule has 0 aromatic heterocycles. The van der Waals surface area contributed by atoms with E-state index >= 15 is 0 Å². The van der Waals surface area contributed by atoms with Crippen molar-refractivity contribution in [2.75, 3.05) is 12.5 Å². The summed E-state index contributed by atoms with van der Waals surface area (Å²) in [6.45, 7) is 3.26. The Morgan fingerprint density at radius 3 is 2.42 bits per heavy atom. The molecule has 0 amide bonds. The normalized spacial score (nSPS) is 10.4. The SMILES string of the molecule is COc1ccc(CNNc2ccccc2)cc1OCc1cccc(C)c1. The quantitative estimate of drug-likeness (QED) is 0.579. The van der Waals surface area contributed by atoms with Gasteiger partial charge in [0, 0.05) is 12.2 Å². The molecule has 0 saturated heterocycles. The van der Waals surface area contributed by atoms with E-state index in [4.69, 9.17) is 9.47 Å². The van der Waals surface area contributed by atoms with E-state index in [1.807, 2.05) is 54.6 Å². The topological polar surface area (TPSA) is 42.5 Å². The Balaban J connectivity index is 1.62. The molecule has 0 unspecified atom stereocenters. The molecule has 0 fully saturated rings. The minimum atomic E-state index is 0.511. The fourth-order valence-electron chi connectivity index (χ4n) is 2.68. The molecule has 2 N–H and O–H groups in total. The van der Waals surface area contributed by atoms with E-state index in [-0.39, 0.29) is 0 Å². The number of para-hydroxylation sites is 1. The van der Waals surface area contributed by atoms with Crippen molar-refractivity contribution in [2.24, 2.45) is 0 Å². The molecule has 0 heterocycles. The van der Waals surface area contributed by atoms with E-state index < -0.39 is 0 Å². The number of hydrazine groups is 1. The van der Waals surface area contributed by atoms with E-state index in [1.54, 1.807) is 7.11 Å². The molecule has 4 nitrogen and oxygen atoms in total. The largest absolute Gasteiger partial charge is 0.493 e. The molecule has 0 aliphatic heterocycles. The molecule has 0 spiro atoms. The first-order valence-electron chi connectivity index (χ1n) is 8.64. The van der Waals surface area contributed by atoms with E-state index in [0.717, 1.165) is 28.3 Å². The summed E-state index contributed by atoms with van der Waals surface area (Å²) < 4.78 is 11.4. The molecular formula is C22H24N2O2. The average Bonchev–Trinajstić information content (AvgIpc) is 2.67. The van der Waals surface area contributed by atoms with Gasteiger partial charge in [0.05, 0.1) is 7.11 Å². The first kappa shape index (κ1) is 17.8. The zero-order valence-electron chi connectivity index (χ0n) is 15.2. The summed E-state index contributed by atoms with van der Waals surface area (Å²) in [7, 11) is 1.66. The smallest absolute Gasteiger partial charge is 0.161 e. The van der Waals surface area contributed by atoms with Crippen LogP contribution in [0.5, 0.6) is 11.5 Å². The highest BCUT2D eigenvalue weighted by atomic mass is 16.5. The summed E-state index contributed by atoms with van der Waals surface area (Å²) in [5.74, 6) is 1.48. The molecule has 3 rings (SSSR count). The lowest BCUT2D eigenvalue weighted by molar-refractivity contribution is 0.284. The Labute approximate surface area is 154 Å². The molecular weight excluding hydrogens is 324 g/mol. The molecule has 134 valence electrons. The van der Waals surface area contributed by atoms with Crippen LogP contribution in [0.3, 0.4) is 0 Å². The Kier molecular flexibility index (Phi) is 6.12. The Morgan fingerprint density at radius 2 is 1.65 bits per heavy atom. The third-order valence-corrected chi connectivity index (χ3v) is 4.00. The second-order valence-corrected chi connectivity index (χ2v) is 6.11. The second-order valence-electron chi connectivity index (χ2n) is 6.11. The summed E-state index contributed by atoms with van der Waals surface area (Å²) in [5.41, 5.74) is 10.9. The zero-order valence-corrected chi connectivity index (χ0v) is 15.2. The summed E-state index contributed by atoms with van der Waals surface area (Å²) in [6, 6.07) is 24.3. The van der Waals surface area contributed by atoms with Gasteiger partial charge in [-0.15, -0.1) is 0 Å². The molecule has 26 heavy (non-hydrogen) atoms. The second kappa shape index (κ2) is 8.92. The highest BCUT2D eigenvalue weighted by Gasteiger charge is 2.07. The van der Waals surface area contributed by atoms with Crippen molar-refractivity contribution in [3.63, 3.8) is 0 Å². The number of aryl methyl sites for hydroxylation is 1. The number of rotatable bonds is 8. The highest BCUT2D eigenvalue weighted by Crippen LogP contribution is 2.29. The fourth-order valence-corrected chi connectivity index (χ4v) is 2.68. The van der Waals surface area contributed by atoms with Crippen LogP contribution >= 0.6 is 0 Å². The maximum atomic E-state index is 6.00. The van der Waals surface area contributed by atoms with Crippen LogP contribution < -0.4 is 20.3 Å². The third kappa shape index (κ3) is 5.01.